The molecule has 0 bridgehead atoms. The molecule has 2 heterocycles. The van der Waals surface area contributed by atoms with E-state index in [2.05, 4.69) is 40.7 Å². The number of thiophene rings is 1. The van der Waals surface area contributed by atoms with Crippen molar-refractivity contribution in [3.8, 4) is 0 Å². The highest BCUT2D eigenvalue weighted by Crippen LogP contribution is 2.34. The molecule has 0 amide bonds. The molecular weight excluding hydrogens is 278 g/mol. The topological polar surface area (TPSA) is 28.2 Å². The van der Waals surface area contributed by atoms with Gasteiger partial charge in [0.2, 0.25) is 0 Å². The fourth-order valence-corrected chi connectivity index (χ4v) is 3.26. The average Bonchev–Trinajstić information content (AvgIpc) is 3.22. The first-order valence-corrected chi connectivity index (χ1v) is 8.70. The predicted molar refractivity (Wildman–Crippen MR) is 89.8 cm³/mol. The molecular formula is C17H23N3S. The monoisotopic (exact) mass is 301 g/mol. The van der Waals surface area contributed by atoms with Crippen molar-refractivity contribution in [1.82, 2.24) is 10.3 Å². The van der Waals surface area contributed by atoms with E-state index in [9.17, 15) is 0 Å². The van der Waals surface area contributed by atoms with Crippen LogP contribution in [0, 0.1) is 0 Å². The lowest BCUT2D eigenvalue weighted by molar-refractivity contribution is 0.667. The van der Waals surface area contributed by atoms with Gasteiger partial charge >= 0.3 is 0 Å². The van der Waals surface area contributed by atoms with Crippen LogP contribution in [0.25, 0.3) is 0 Å². The van der Waals surface area contributed by atoms with Crippen molar-refractivity contribution in [2.45, 2.75) is 45.3 Å². The quantitative estimate of drug-likeness (QED) is 0.751. The summed E-state index contributed by atoms with van der Waals surface area (Å²) in [5.74, 6) is 1.16. The van der Waals surface area contributed by atoms with Gasteiger partial charge in [0.15, 0.2) is 0 Å². The highest BCUT2D eigenvalue weighted by molar-refractivity contribution is 7.09. The van der Waals surface area contributed by atoms with Gasteiger partial charge in [0.05, 0.1) is 6.54 Å². The number of anilines is 1. The minimum Gasteiger partial charge on any atom is -0.348 e. The van der Waals surface area contributed by atoms with Crippen molar-refractivity contribution in [2.75, 3.05) is 11.4 Å². The number of pyridine rings is 1. The number of aromatic nitrogens is 1. The minimum atomic E-state index is 0.673. The minimum absolute atomic E-state index is 0.673. The lowest BCUT2D eigenvalue weighted by atomic mass is 10.2. The van der Waals surface area contributed by atoms with Crippen LogP contribution in [-0.2, 0) is 13.1 Å². The van der Waals surface area contributed by atoms with Crippen molar-refractivity contribution in [2.24, 2.45) is 0 Å². The third kappa shape index (κ3) is 3.83. The van der Waals surface area contributed by atoms with Gasteiger partial charge in [-0.1, -0.05) is 19.1 Å². The molecule has 0 radical (unpaired) electrons. The van der Waals surface area contributed by atoms with E-state index in [1.807, 2.05) is 23.6 Å². The maximum absolute atomic E-state index is 4.69. The normalized spacial score (nSPS) is 14.3. The molecule has 1 saturated carbocycles. The van der Waals surface area contributed by atoms with Gasteiger partial charge in [-0.25, -0.2) is 4.98 Å². The standard InChI is InChI=1S/C17H23N3S/c1-2-9-18-12-14-5-3-10-19-17(14)20(15-7-8-15)13-16-6-4-11-21-16/h3-6,10-11,15,18H,2,7-9,12-13H2,1H3. The molecule has 0 aromatic carbocycles. The van der Waals surface area contributed by atoms with Crippen molar-refractivity contribution >= 4 is 17.2 Å². The molecule has 0 aliphatic heterocycles. The largest absolute Gasteiger partial charge is 0.348 e. The molecule has 0 spiro atoms. The van der Waals surface area contributed by atoms with E-state index in [1.54, 1.807) is 0 Å². The zero-order valence-corrected chi connectivity index (χ0v) is 13.4. The van der Waals surface area contributed by atoms with E-state index >= 15 is 0 Å². The molecule has 2 aromatic heterocycles. The molecule has 1 N–H and O–H groups in total. The first-order valence-electron chi connectivity index (χ1n) is 7.82. The maximum Gasteiger partial charge on any atom is 0.133 e. The summed E-state index contributed by atoms with van der Waals surface area (Å²) in [6.45, 7) is 5.15. The second-order valence-corrected chi connectivity index (χ2v) is 6.63. The number of rotatable bonds is 8. The van der Waals surface area contributed by atoms with Crippen LogP contribution in [0.15, 0.2) is 35.8 Å². The Labute approximate surface area is 131 Å². The molecule has 0 atom stereocenters. The van der Waals surface area contributed by atoms with Gasteiger partial charge in [0, 0.05) is 29.2 Å². The smallest absolute Gasteiger partial charge is 0.133 e. The number of hydrogen-bond acceptors (Lipinski definition) is 4. The highest BCUT2D eigenvalue weighted by atomic mass is 32.1. The average molecular weight is 301 g/mol. The number of nitrogens with zero attached hydrogens (tertiary/aromatic N) is 2. The van der Waals surface area contributed by atoms with Crippen molar-refractivity contribution in [3.63, 3.8) is 0 Å². The molecule has 1 aliphatic rings. The Morgan fingerprint density at radius 1 is 1.33 bits per heavy atom. The van der Waals surface area contributed by atoms with Crippen molar-refractivity contribution < 1.29 is 0 Å². The predicted octanol–water partition coefficient (Wildman–Crippen LogP) is 3.81. The molecule has 2 aromatic rings. The third-order valence-electron chi connectivity index (χ3n) is 3.78. The van der Waals surface area contributed by atoms with E-state index in [-0.39, 0.29) is 0 Å². The van der Waals surface area contributed by atoms with Crippen LogP contribution < -0.4 is 10.2 Å². The Balaban J connectivity index is 1.78. The Morgan fingerprint density at radius 3 is 2.95 bits per heavy atom. The van der Waals surface area contributed by atoms with Gasteiger partial charge in [0.25, 0.3) is 0 Å². The van der Waals surface area contributed by atoms with Gasteiger partial charge in [-0.05, 0) is 43.3 Å². The van der Waals surface area contributed by atoms with Crippen LogP contribution in [0.5, 0.6) is 0 Å². The second kappa shape index (κ2) is 7.05. The van der Waals surface area contributed by atoms with Gasteiger partial charge in [-0.2, -0.15) is 0 Å². The van der Waals surface area contributed by atoms with E-state index in [0.717, 1.165) is 31.9 Å². The van der Waals surface area contributed by atoms with Crippen LogP contribution in [0.2, 0.25) is 0 Å². The molecule has 0 unspecified atom stereocenters. The lowest BCUT2D eigenvalue weighted by Gasteiger charge is -2.25. The Kier molecular flexibility index (Phi) is 4.88. The van der Waals surface area contributed by atoms with Gasteiger partial charge in [-0.3, -0.25) is 0 Å². The summed E-state index contributed by atoms with van der Waals surface area (Å²) in [6.07, 6.45) is 5.67. The van der Waals surface area contributed by atoms with E-state index < -0.39 is 0 Å². The first kappa shape index (κ1) is 14.5. The summed E-state index contributed by atoms with van der Waals surface area (Å²) < 4.78 is 0. The zero-order valence-electron chi connectivity index (χ0n) is 12.6. The molecule has 1 aliphatic carbocycles. The molecule has 4 heteroatoms. The molecule has 3 nitrogen and oxygen atoms in total. The van der Waals surface area contributed by atoms with Crippen molar-refractivity contribution in [3.05, 3.63) is 46.3 Å². The molecule has 3 rings (SSSR count). The fraction of sp³-hybridized carbons (Fsp3) is 0.471. The second-order valence-electron chi connectivity index (χ2n) is 5.60. The lowest BCUT2D eigenvalue weighted by Crippen LogP contribution is -2.28. The van der Waals surface area contributed by atoms with Crippen molar-refractivity contribution in [1.29, 1.82) is 0 Å². The Bertz CT molecular complexity index is 549. The van der Waals surface area contributed by atoms with Gasteiger partial charge < -0.3 is 10.2 Å². The first-order chi connectivity index (χ1) is 10.4. The molecule has 21 heavy (non-hydrogen) atoms. The van der Waals surface area contributed by atoms with Crippen LogP contribution in [-0.4, -0.2) is 17.6 Å². The van der Waals surface area contributed by atoms with Crippen LogP contribution in [0.3, 0.4) is 0 Å². The van der Waals surface area contributed by atoms with Crippen LogP contribution >= 0.6 is 11.3 Å². The van der Waals surface area contributed by atoms with E-state index in [0.29, 0.717) is 6.04 Å². The number of nitrogens with one attached hydrogen (secondary N) is 1. The summed E-state index contributed by atoms with van der Waals surface area (Å²) in [6, 6.07) is 9.27. The zero-order chi connectivity index (χ0) is 14.5. The molecule has 112 valence electrons. The number of hydrogen-bond donors (Lipinski definition) is 1. The summed E-state index contributed by atoms with van der Waals surface area (Å²) >= 11 is 1.83. The SMILES string of the molecule is CCCNCc1cccnc1N(Cc1cccs1)C1CC1. The molecule has 1 fully saturated rings. The van der Waals surface area contributed by atoms with E-state index in [1.165, 1.54) is 23.3 Å². The Morgan fingerprint density at radius 2 is 2.24 bits per heavy atom. The Hall–Kier alpha value is -1.39. The third-order valence-corrected chi connectivity index (χ3v) is 4.64. The highest BCUT2D eigenvalue weighted by Gasteiger charge is 2.31. The van der Waals surface area contributed by atoms with Crippen LogP contribution in [0.1, 0.15) is 36.6 Å². The van der Waals surface area contributed by atoms with E-state index in [4.69, 9.17) is 4.98 Å². The van der Waals surface area contributed by atoms with Crippen LogP contribution in [0.4, 0.5) is 5.82 Å². The summed E-state index contributed by atoms with van der Waals surface area (Å²) in [7, 11) is 0. The van der Waals surface area contributed by atoms with Gasteiger partial charge in [0.1, 0.15) is 5.82 Å². The maximum atomic E-state index is 4.69. The summed E-state index contributed by atoms with van der Waals surface area (Å²) in [5.41, 5.74) is 1.31. The molecule has 0 saturated heterocycles. The summed E-state index contributed by atoms with van der Waals surface area (Å²) in [4.78, 5) is 8.60. The fourth-order valence-electron chi connectivity index (χ4n) is 2.56. The van der Waals surface area contributed by atoms with Gasteiger partial charge in [-0.15, -0.1) is 11.3 Å². The summed E-state index contributed by atoms with van der Waals surface area (Å²) in [5, 5.41) is 5.66.